The lowest BCUT2D eigenvalue weighted by molar-refractivity contribution is -0.133. The first-order valence-electron chi connectivity index (χ1n) is 9.48. The smallest absolute Gasteiger partial charge is 0.252 e. The van der Waals surface area contributed by atoms with E-state index in [0.717, 1.165) is 4.88 Å². The number of thiophene rings is 1. The molecule has 0 bridgehead atoms. The van der Waals surface area contributed by atoms with Gasteiger partial charge in [0, 0.05) is 31.1 Å². The number of hydrogen-bond donors (Lipinski definition) is 1. The number of benzene rings is 1. The summed E-state index contributed by atoms with van der Waals surface area (Å²) < 4.78 is 54.3. The van der Waals surface area contributed by atoms with Gasteiger partial charge in [-0.3, -0.25) is 4.79 Å². The second-order valence-corrected chi connectivity index (χ2v) is 12.4. The zero-order chi connectivity index (χ0) is 21.9. The first-order valence-corrected chi connectivity index (χ1v) is 13.4. The zero-order valence-corrected chi connectivity index (χ0v) is 19.3. The summed E-state index contributed by atoms with van der Waals surface area (Å²) in [6.07, 6.45) is 0. The van der Waals surface area contributed by atoms with Crippen LogP contribution in [0.3, 0.4) is 0 Å². The highest BCUT2D eigenvalue weighted by atomic mass is 32.2. The summed E-state index contributed by atoms with van der Waals surface area (Å²) in [5.74, 6) is -0.576. The van der Waals surface area contributed by atoms with E-state index in [4.69, 9.17) is 0 Å². The molecule has 0 spiro atoms. The summed E-state index contributed by atoms with van der Waals surface area (Å²) in [6, 6.07) is 11.2. The standard InChI is InChI=1S/C19H25N3O5S3/c1-15-8-9-18(28-15)30(26,27)22-12-10-21(11-13-22)19(23)16(2)20-29(24,25)14-17-6-4-3-5-7-17/h3-9,16,20H,10-14H2,1-2H3/t16-/m0/s1. The van der Waals surface area contributed by atoms with Crippen molar-refractivity contribution in [1.82, 2.24) is 13.9 Å². The van der Waals surface area contributed by atoms with Crippen molar-refractivity contribution < 1.29 is 21.6 Å². The predicted molar refractivity (Wildman–Crippen MR) is 116 cm³/mol. The fourth-order valence-electron chi connectivity index (χ4n) is 3.26. The van der Waals surface area contributed by atoms with E-state index < -0.39 is 26.1 Å². The molecule has 1 atom stereocenters. The van der Waals surface area contributed by atoms with E-state index in [2.05, 4.69) is 4.72 Å². The van der Waals surface area contributed by atoms with Gasteiger partial charge in [-0.1, -0.05) is 30.3 Å². The topological polar surface area (TPSA) is 104 Å². The van der Waals surface area contributed by atoms with Gasteiger partial charge in [-0.05, 0) is 31.5 Å². The first kappa shape index (κ1) is 22.9. The normalized spacial score (nSPS) is 17.1. The van der Waals surface area contributed by atoms with Gasteiger partial charge < -0.3 is 4.90 Å². The van der Waals surface area contributed by atoms with E-state index in [1.807, 2.05) is 6.92 Å². The van der Waals surface area contributed by atoms with Gasteiger partial charge in [0.25, 0.3) is 10.0 Å². The molecule has 0 radical (unpaired) electrons. The number of sulfonamides is 2. The van der Waals surface area contributed by atoms with E-state index in [1.54, 1.807) is 42.5 Å². The number of rotatable bonds is 7. The Morgan fingerprint density at radius 2 is 1.67 bits per heavy atom. The van der Waals surface area contributed by atoms with Crippen LogP contribution >= 0.6 is 11.3 Å². The SMILES string of the molecule is Cc1ccc(S(=O)(=O)N2CCN(C(=O)[C@H](C)NS(=O)(=O)Cc3ccccc3)CC2)s1. The molecule has 1 saturated heterocycles. The van der Waals surface area contributed by atoms with Crippen molar-refractivity contribution in [3.8, 4) is 0 Å². The number of piperazine rings is 1. The molecule has 0 saturated carbocycles. The molecule has 1 aliphatic heterocycles. The van der Waals surface area contributed by atoms with Crippen molar-refractivity contribution >= 4 is 37.3 Å². The number of nitrogens with one attached hydrogen (secondary N) is 1. The Balaban J connectivity index is 1.57. The Kier molecular flexibility index (Phi) is 6.98. The number of amides is 1. The van der Waals surface area contributed by atoms with Crippen LogP contribution < -0.4 is 4.72 Å². The van der Waals surface area contributed by atoms with Gasteiger partial charge in [-0.2, -0.15) is 4.31 Å². The third-order valence-corrected chi connectivity index (χ3v) is 9.58. The summed E-state index contributed by atoms with van der Waals surface area (Å²) >= 11 is 1.22. The average Bonchev–Trinajstić information content (AvgIpc) is 3.14. The number of hydrogen-bond acceptors (Lipinski definition) is 6. The van der Waals surface area contributed by atoms with Gasteiger partial charge in [-0.25, -0.2) is 21.6 Å². The van der Waals surface area contributed by atoms with Crippen LogP contribution in [0.25, 0.3) is 0 Å². The Morgan fingerprint density at radius 1 is 1.03 bits per heavy atom. The Bertz CT molecular complexity index is 1090. The second-order valence-electron chi connectivity index (χ2n) is 7.18. The van der Waals surface area contributed by atoms with Crippen LogP contribution in [0.4, 0.5) is 0 Å². The Hall–Kier alpha value is -1.79. The fraction of sp³-hybridized carbons (Fsp3) is 0.421. The summed E-state index contributed by atoms with van der Waals surface area (Å²) in [7, 11) is -7.26. The minimum absolute atomic E-state index is 0.175. The van der Waals surface area contributed by atoms with E-state index in [1.165, 1.54) is 27.5 Å². The van der Waals surface area contributed by atoms with Gasteiger partial charge in [0.2, 0.25) is 15.9 Å². The molecule has 1 amide bonds. The van der Waals surface area contributed by atoms with Crippen molar-refractivity contribution in [3.63, 3.8) is 0 Å². The average molecular weight is 472 g/mol. The van der Waals surface area contributed by atoms with Gasteiger partial charge in [0.15, 0.2) is 0 Å². The number of aryl methyl sites for hydroxylation is 1. The third-order valence-electron chi connectivity index (χ3n) is 4.79. The number of carbonyl (C=O) groups is 1. The molecular formula is C19H25N3O5S3. The maximum atomic E-state index is 12.7. The molecule has 1 aromatic carbocycles. The lowest BCUT2D eigenvalue weighted by Crippen LogP contribution is -2.55. The highest BCUT2D eigenvalue weighted by molar-refractivity contribution is 7.91. The van der Waals surface area contributed by atoms with Crippen LogP contribution in [-0.2, 0) is 30.6 Å². The van der Waals surface area contributed by atoms with Crippen molar-refractivity contribution in [2.75, 3.05) is 26.2 Å². The maximum Gasteiger partial charge on any atom is 0.252 e. The molecule has 0 aliphatic carbocycles. The monoisotopic (exact) mass is 471 g/mol. The minimum atomic E-state index is -3.69. The lowest BCUT2D eigenvalue weighted by atomic mass is 10.2. The lowest BCUT2D eigenvalue weighted by Gasteiger charge is -2.35. The molecule has 8 nitrogen and oxygen atoms in total. The van der Waals surface area contributed by atoms with Gasteiger partial charge in [0.05, 0.1) is 11.8 Å². The highest BCUT2D eigenvalue weighted by Gasteiger charge is 2.33. The molecule has 2 aromatic rings. The molecule has 1 aliphatic rings. The molecule has 30 heavy (non-hydrogen) atoms. The van der Waals surface area contributed by atoms with Crippen LogP contribution in [0.1, 0.15) is 17.4 Å². The van der Waals surface area contributed by atoms with Crippen molar-refractivity contribution in [1.29, 1.82) is 0 Å². The molecule has 1 aromatic heterocycles. The molecular weight excluding hydrogens is 446 g/mol. The van der Waals surface area contributed by atoms with Gasteiger partial charge >= 0.3 is 0 Å². The van der Waals surface area contributed by atoms with Gasteiger partial charge in [0.1, 0.15) is 4.21 Å². The minimum Gasteiger partial charge on any atom is -0.339 e. The van der Waals surface area contributed by atoms with Crippen LogP contribution in [0.15, 0.2) is 46.7 Å². The summed E-state index contributed by atoms with van der Waals surface area (Å²) in [6.45, 7) is 4.13. The molecule has 2 heterocycles. The highest BCUT2D eigenvalue weighted by Crippen LogP contribution is 2.25. The van der Waals surface area contributed by atoms with Crippen molar-refractivity contribution in [2.24, 2.45) is 0 Å². The molecule has 11 heteroatoms. The molecule has 0 unspecified atom stereocenters. The van der Waals surface area contributed by atoms with Crippen LogP contribution in [0, 0.1) is 6.92 Å². The largest absolute Gasteiger partial charge is 0.339 e. The molecule has 3 rings (SSSR count). The predicted octanol–water partition coefficient (Wildman–Crippen LogP) is 1.40. The number of carbonyl (C=O) groups excluding carboxylic acids is 1. The third kappa shape index (κ3) is 5.46. The zero-order valence-electron chi connectivity index (χ0n) is 16.8. The van der Waals surface area contributed by atoms with Crippen molar-refractivity contribution in [3.05, 3.63) is 52.9 Å². The Labute approximate surface area is 181 Å². The van der Waals surface area contributed by atoms with Crippen LogP contribution in [0.5, 0.6) is 0 Å². The quantitative estimate of drug-likeness (QED) is 0.657. The Morgan fingerprint density at radius 3 is 2.23 bits per heavy atom. The molecule has 164 valence electrons. The second kappa shape index (κ2) is 9.15. The first-order chi connectivity index (χ1) is 14.1. The number of nitrogens with zero attached hydrogens (tertiary/aromatic N) is 2. The summed E-state index contributed by atoms with van der Waals surface area (Å²) in [4.78, 5) is 15.1. The van der Waals surface area contributed by atoms with E-state index >= 15 is 0 Å². The van der Waals surface area contributed by atoms with Gasteiger partial charge in [-0.15, -0.1) is 11.3 Å². The van der Waals surface area contributed by atoms with E-state index in [-0.39, 0.29) is 37.8 Å². The fourth-order valence-corrected chi connectivity index (χ4v) is 7.47. The van der Waals surface area contributed by atoms with E-state index in [0.29, 0.717) is 9.77 Å². The molecule has 1 N–H and O–H groups in total. The van der Waals surface area contributed by atoms with E-state index in [9.17, 15) is 21.6 Å². The van der Waals surface area contributed by atoms with Crippen molar-refractivity contribution in [2.45, 2.75) is 29.9 Å². The van der Waals surface area contributed by atoms with Crippen LogP contribution in [0.2, 0.25) is 0 Å². The maximum absolute atomic E-state index is 12.7. The summed E-state index contributed by atoms with van der Waals surface area (Å²) in [5.41, 5.74) is 0.632. The molecule has 1 fully saturated rings. The summed E-state index contributed by atoms with van der Waals surface area (Å²) in [5, 5.41) is 0. The van der Waals surface area contributed by atoms with Crippen LogP contribution in [-0.4, -0.2) is 64.2 Å².